The number of pyridine rings is 1. The predicted octanol–water partition coefficient (Wildman–Crippen LogP) is 5.37. The summed E-state index contributed by atoms with van der Waals surface area (Å²) in [6.07, 6.45) is 3.01. The van der Waals surface area contributed by atoms with E-state index >= 15 is 0 Å². The molecule has 1 aliphatic carbocycles. The molecule has 3 rings (SSSR count). The summed E-state index contributed by atoms with van der Waals surface area (Å²) in [7, 11) is 0. The maximum Gasteiger partial charge on any atom is 0.407 e. The lowest BCUT2D eigenvalue weighted by Crippen LogP contribution is -2.45. The molecule has 0 unspecified atom stereocenters. The van der Waals surface area contributed by atoms with Crippen LogP contribution in [0.25, 0.3) is 0 Å². The number of ether oxygens (including phenoxy) is 2. The number of carbonyl (C=O) groups is 2. The van der Waals surface area contributed by atoms with Gasteiger partial charge in [-0.05, 0) is 64.7 Å². The first-order valence-electron chi connectivity index (χ1n) is 10.6. The minimum Gasteiger partial charge on any atom is -0.444 e. The predicted molar refractivity (Wildman–Crippen MR) is 119 cm³/mol. The standard InChI is InChI=1S/C23H26ClF2N3O4/c1-23(2,3)33-22(31)29-15-6-4-14(5-7-15)28-20(30)17-10-13(25)12-27-21(17)32-16-8-9-19(26)18(24)11-16/h8-12,14-15H,4-7H2,1-3H3,(H,28,30)(H,29,31). The summed E-state index contributed by atoms with van der Waals surface area (Å²) in [5.74, 6) is -1.84. The second kappa shape index (κ2) is 10.3. The number of halogens is 3. The largest absolute Gasteiger partial charge is 0.444 e. The molecule has 0 bridgehead atoms. The molecule has 1 saturated carbocycles. The third kappa shape index (κ3) is 7.28. The number of hydrogen-bond donors (Lipinski definition) is 2. The lowest BCUT2D eigenvalue weighted by molar-refractivity contribution is 0.0488. The van der Waals surface area contributed by atoms with E-state index < -0.39 is 29.2 Å². The van der Waals surface area contributed by atoms with E-state index in [0.717, 1.165) is 18.3 Å². The van der Waals surface area contributed by atoms with Gasteiger partial charge in [-0.3, -0.25) is 4.79 Å². The Bertz CT molecular complexity index is 1020. The summed E-state index contributed by atoms with van der Waals surface area (Å²) in [5, 5.41) is 5.55. The molecule has 10 heteroatoms. The van der Waals surface area contributed by atoms with Crippen LogP contribution in [0.2, 0.25) is 5.02 Å². The Hall–Kier alpha value is -2.94. The van der Waals surface area contributed by atoms with Crippen LogP contribution in [0.5, 0.6) is 11.6 Å². The first-order valence-corrected chi connectivity index (χ1v) is 11.0. The molecule has 0 saturated heterocycles. The van der Waals surface area contributed by atoms with Crippen LogP contribution in [-0.4, -0.2) is 34.7 Å². The van der Waals surface area contributed by atoms with Gasteiger partial charge in [-0.1, -0.05) is 11.6 Å². The SMILES string of the molecule is CC(C)(C)OC(=O)NC1CCC(NC(=O)c2cc(F)cnc2Oc2ccc(F)c(Cl)c2)CC1. The van der Waals surface area contributed by atoms with Gasteiger partial charge in [-0.2, -0.15) is 0 Å². The molecule has 0 aliphatic heterocycles. The Morgan fingerprint density at radius 1 is 1.06 bits per heavy atom. The highest BCUT2D eigenvalue weighted by molar-refractivity contribution is 6.30. The Balaban J connectivity index is 1.60. The van der Waals surface area contributed by atoms with Gasteiger partial charge in [0.25, 0.3) is 5.91 Å². The molecule has 2 amide bonds. The van der Waals surface area contributed by atoms with Crippen LogP contribution in [0.3, 0.4) is 0 Å². The number of aromatic nitrogens is 1. The zero-order valence-electron chi connectivity index (χ0n) is 18.6. The van der Waals surface area contributed by atoms with Gasteiger partial charge in [0.1, 0.15) is 28.5 Å². The molecule has 1 aromatic heterocycles. The Kier molecular flexibility index (Phi) is 7.73. The summed E-state index contributed by atoms with van der Waals surface area (Å²) in [4.78, 5) is 28.6. The highest BCUT2D eigenvalue weighted by Gasteiger charge is 2.27. The third-order valence-electron chi connectivity index (χ3n) is 4.95. The molecule has 2 N–H and O–H groups in total. The summed E-state index contributed by atoms with van der Waals surface area (Å²) in [6, 6.07) is 4.50. The number of benzene rings is 1. The van der Waals surface area contributed by atoms with Crippen LogP contribution in [0.4, 0.5) is 13.6 Å². The van der Waals surface area contributed by atoms with E-state index in [1.165, 1.54) is 12.1 Å². The average Bonchev–Trinajstić information content (AvgIpc) is 2.72. The lowest BCUT2D eigenvalue weighted by Gasteiger charge is -2.30. The van der Waals surface area contributed by atoms with Crippen LogP contribution in [0, 0.1) is 11.6 Å². The number of rotatable bonds is 5. The van der Waals surface area contributed by atoms with Crippen LogP contribution in [0.1, 0.15) is 56.8 Å². The summed E-state index contributed by atoms with van der Waals surface area (Å²) >= 11 is 5.76. The van der Waals surface area contributed by atoms with E-state index in [1.807, 2.05) is 0 Å². The van der Waals surface area contributed by atoms with Crippen molar-refractivity contribution in [3.63, 3.8) is 0 Å². The summed E-state index contributed by atoms with van der Waals surface area (Å²) < 4.78 is 38.0. The summed E-state index contributed by atoms with van der Waals surface area (Å²) in [5.41, 5.74) is -0.669. The fourth-order valence-corrected chi connectivity index (χ4v) is 3.61. The van der Waals surface area contributed by atoms with Crippen molar-refractivity contribution in [2.24, 2.45) is 0 Å². The number of amides is 2. The van der Waals surface area contributed by atoms with Gasteiger partial charge in [0, 0.05) is 18.2 Å². The van der Waals surface area contributed by atoms with Gasteiger partial charge >= 0.3 is 6.09 Å². The first-order chi connectivity index (χ1) is 15.5. The Labute approximate surface area is 195 Å². The number of nitrogens with zero attached hydrogens (tertiary/aromatic N) is 1. The molecule has 0 atom stereocenters. The molecule has 1 aliphatic rings. The Morgan fingerprint density at radius 3 is 2.30 bits per heavy atom. The molecule has 7 nitrogen and oxygen atoms in total. The summed E-state index contributed by atoms with van der Waals surface area (Å²) in [6.45, 7) is 5.38. The van der Waals surface area contributed by atoms with Gasteiger partial charge in [-0.25, -0.2) is 18.6 Å². The van der Waals surface area contributed by atoms with Gasteiger partial charge in [0.2, 0.25) is 5.88 Å². The van der Waals surface area contributed by atoms with E-state index in [-0.39, 0.29) is 34.3 Å². The molecule has 2 aromatic rings. The van der Waals surface area contributed by atoms with Crippen molar-refractivity contribution in [3.05, 3.63) is 52.7 Å². The smallest absolute Gasteiger partial charge is 0.407 e. The van der Waals surface area contributed by atoms with Gasteiger partial charge in [0.15, 0.2) is 0 Å². The maximum absolute atomic E-state index is 13.8. The molecule has 0 radical (unpaired) electrons. The normalized spacial score (nSPS) is 18.4. The van der Waals surface area contributed by atoms with E-state index in [9.17, 15) is 18.4 Å². The highest BCUT2D eigenvalue weighted by Crippen LogP contribution is 2.28. The zero-order valence-corrected chi connectivity index (χ0v) is 19.3. The quantitative estimate of drug-likeness (QED) is 0.599. The second-order valence-electron chi connectivity index (χ2n) is 8.85. The van der Waals surface area contributed by atoms with E-state index in [2.05, 4.69) is 15.6 Å². The van der Waals surface area contributed by atoms with Crippen molar-refractivity contribution in [2.75, 3.05) is 0 Å². The van der Waals surface area contributed by atoms with Crippen molar-refractivity contribution < 1.29 is 27.8 Å². The fourth-order valence-electron chi connectivity index (χ4n) is 3.44. The number of alkyl carbamates (subject to hydrolysis) is 1. The van der Waals surface area contributed by atoms with E-state index in [4.69, 9.17) is 21.1 Å². The molecule has 178 valence electrons. The topological polar surface area (TPSA) is 89.6 Å². The average molecular weight is 482 g/mol. The fraction of sp³-hybridized carbons (Fsp3) is 0.435. The number of carbonyl (C=O) groups excluding carboxylic acids is 2. The van der Waals surface area contributed by atoms with Gasteiger partial charge < -0.3 is 20.1 Å². The zero-order chi connectivity index (χ0) is 24.2. The van der Waals surface area contributed by atoms with Gasteiger partial charge in [-0.15, -0.1) is 0 Å². The monoisotopic (exact) mass is 481 g/mol. The molecule has 1 aromatic carbocycles. The molecular formula is C23H26ClF2N3O4. The number of hydrogen-bond acceptors (Lipinski definition) is 5. The minimum absolute atomic E-state index is 0.0500. The van der Waals surface area contributed by atoms with Crippen LogP contribution in [0.15, 0.2) is 30.5 Å². The lowest BCUT2D eigenvalue weighted by atomic mass is 9.91. The Morgan fingerprint density at radius 2 is 1.70 bits per heavy atom. The molecular weight excluding hydrogens is 456 g/mol. The highest BCUT2D eigenvalue weighted by atomic mass is 35.5. The van der Waals surface area contributed by atoms with Crippen molar-refractivity contribution in [3.8, 4) is 11.6 Å². The molecule has 0 spiro atoms. The third-order valence-corrected chi connectivity index (χ3v) is 5.24. The second-order valence-corrected chi connectivity index (χ2v) is 9.26. The van der Waals surface area contributed by atoms with Crippen molar-refractivity contribution in [1.29, 1.82) is 0 Å². The van der Waals surface area contributed by atoms with Crippen LogP contribution in [-0.2, 0) is 4.74 Å². The van der Waals surface area contributed by atoms with Crippen molar-refractivity contribution in [1.82, 2.24) is 15.6 Å². The molecule has 33 heavy (non-hydrogen) atoms. The van der Waals surface area contributed by atoms with Crippen molar-refractivity contribution in [2.45, 2.75) is 64.1 Å². The van der Waals surface area contributed by atoms with Crippen LogP contribution >= 0.6 is 11.6 Å². The van der Waals surface area contributed by atoms with E-state index in [1.54, 1.807) is 20.8 Å². The maximum atomic E-state index is 13.8. The van der Waals surface area contributed by atoms with E-state index in [0.29, 0.717) is 25.7 Å². The molecule has 1 heterocycles. The molecule has 1 fully saturated rings. The number of nitrogens with one attached hydrogen (secondary N) is 2. The minimum atomic E-state index is -0.699. The first kappa shape index (κ1) is 24.7. The van der Waals surface area contributed by atoms with Crippen molar-refractivity contribution >= 4 is 23.6 Å². The van der Waals surface area contributed by atoms with Gasteiger partial charge in [0.05, 0.1) is 11.2 Å². The van der Waals surface area contributed by atoms with Crippen LogP contribution < -0.4 is 15.4 Å².